The molecule has 8 heteroatoms. The predicted octanol–water partition coefficient (Wildman–Crippen LogP) is 4.71. The third-order valence-electron chi connectivity index (χ3n) is 2.97. The Morgan fingerprint density at radius 1 is 1.05 bits per heavy atom. The third kappa shape index (κ3) is 5.18. The molecule has 0 aliphatic carbocycles. The van der Waals surface area contributed by atoms with Crippen molar-refractivity contribution in [2.45, 2.75) is 31.7 Å². The van der Waals surface area contributed by atoms with E-state index in [0.29, 0.717) is 10.0 Å². The lowest BCUT2D eigenvalue weighted by Crippen LogP contribution is -2.52. The molecule has 1 N–H and O–H groups in total. The molecule has 1 aromatic carbocycles. The quantitative estimate of drug-likeness (QED) is 0.732. The van der Waals surface area contributed by atoms with Crippen molar-refractivity contribution in [3.63, 3.8) is 0 Å². The maximum Gasteiger partial charge on any atom is 0.402 e. The summed E-state index contributed by atoms with van der Waals surface area (Å²) in [5.41, 5.74) is 0.391. The van der Waals surface area contributed by atoms with Gasteiger partial charge in [0.1, 0.15) is 0 Å². The van der Waals surface area contributed by atoms with Gasteiger partial charge >= 0.3 is 12.4 Å². The van der Waals surface area contributed by atoms with Gasteiger partial charge in [-0.05, 0) is 24.6 Å². The van der Waals surface area contributed by atoms with Crippen molar-refractivity contribution in [3.8, 4) is 0 Å². The van der Waals surface area contributed by atoms with Crippen LogP contribution in [0.2, 0.25) is 0 Å². The highest BCUT2D eigenvalue weighted by Gasteiger charge is 2.59. The molecule has 0 aliphatic heterocycles. The zero-order chi connectivity index (χ0) is 16.3. The van der Waals surface area contributed by atoms with E-state index in [1.54, 1.807) is 18.2 Å². The Balaban J connectivity index is 3.11. The van der Waals surface area contributed by atoms with E-state index in [0.717, 1.165) is 0 Å². The van der Waals surface area contributed by atoms with Gasteiger partial charge in [-0.1, -0.05) is 41.1 Å². The van der Waals surface area contributed by atoms with Gasteiger partial charge in [-0.2, -0.15) is 26.3 Å². The average Bonchev–Trinajstić information content (AvgIpc) is 2.28. The normalized spacial score (nSPS) is 14.5. The topological polar surface area (TPSA) is 12.0 Å². The number of alkyl halides is 6. The Bertz CT molecular complexity index is 443. The van der Waals surface area contributed by atoms with E-state index in [9.17, 15) is 26.3 Å². The molecule has 0 amide bonds. The Morgan fingerprint density at radius 3 is 2.00 bits per heavy atom. The molecule has 0 spiro atoms. The van der Waals surface area contributed by atoms with Gasteiger partial charge in [-0.25, -0.2) is 0 Å². The summed E-state index contributed by atoms with van der Waals surface area (Å²) in [6.45, 7) is 1.48. The fourth-order valence-electron chi connectivity index (χ4n) is 2.11. The van der Waals surface area contributed by atoms with Gasteiger partial charge in [0.05, 0.1) is 0 Å². The first-order valence-corrected chi connectivity index (χ1v) is 6.97. The standard InChI is InChI=1S/C13H14BrF6N/c1-2-21-10(7-8-5-3-4-6-9(8)14)11(12(15,16)17)13(18,19)20/h3-6,10-11,21H,2,7H2,1H3. The number of benzene rings is 1. The lowest BCUT2D eigenvalue weighted by atomic mass is 9.92. The summed E-state index contributed by atoms with van der Waals surface area (Å²) in [4.78, 5) is 0. The van der Waals surface area contributed by atoms with Crippen LogP contribution in [0.25, 0.3) is 0 Å². The molecule has 0 bridgehead atoms. The van der Waals surface area contributed by atoms with Gasteiger partial charge < -0.3 is 5.32 Å². The van der Waals surface area contributed by atoms with Crippen molar-refractivity contribution in [1.29, 1.82) is 0 Å². The molecule has 0 fully saturated rings. The average molecular weight is 378 g/mol. The summed E-state index contributed by atoms with van der Waals surface area (Å²) in [5, 5.41) is 2.31. The Kier molecular flexibility index (Phi) is 6.10. The second-order valence-corrected chi connectivity index (χ2v) is 5.37. The molecule has 1 nitrogen and oxygen atoms in total. The monoisotopic (exact) mass is 377 g/mol. The molecule has 0 aromatic heterocycles. The van der Waals surface area contributed by atoms with Crippen molar-refractivity contribution in [2.75, 3.05) is 6.54 Å². The zero-order valence-electron chi connectivity index (χ0n) is 11.0. The number of halogens is 7. The summed E-state index contributed by atoms with van der Waals surface area (Å²) in [6, 6.07) is 4.51. The number of nitrogens with one attached hydrogen (secondary N) is 1. The Morgan fingerprint density at radius 2 is 1.57 bits per heavy atom. The fourth-order valence-corrected chi connectivity index (χ4v) is 2.56. The van der Waals surface area contributed by atoms with Crippen LogP contribution >= 0.6 is 15.9 Å². The van der Waals surface area contributed by atoms with Crippen LogP contribution in [0.3, 0.4) is 0 Å². The third-order valence-corrected chi connectivity index (χ3v) is 3.75. The van der Waals surface area contributed by atoms with Crippen LogP contribution in [0.5, 0.6) is 0 Å². The smallest absolute Gasteiger partial charge is 0.313 e. The van der Waals surface area contributed by atoms with Crippen LogP contribution in [0, 0.1) is 5.92 Å². The summed E-state index contributed by atoms with van der Waals surface area (Å²) >= 11 is 3.14. The van der Waals surface area contributed by atoms with Crippen LogP contribution in [-0.2, 0) is 6.42 Å². The maximum atomic E-state index is 12.8. The van der Waals surface area contributed by atoms with E-state index in [1.165, 1.54) is 13.0 Å². The van der Waals surface area contributed by atoms with Crippen molar-refractivity contribution in [1.82, 2.24) is 5.32 Å². The molecule has 1 rings (SSSR count). The highest BCUT2D eigenvalue weighted by atomic mass is 79.9. The van der Waals surface area contributed by atoms with E-state index in [1.807, 2.05) is 0 Å². The highest BCUT2D eigenvalue weighted by Crippen LogP contribution is 2.42. The van der Waals surface area contributed by atoms with E-state index < -0.39 is 24.3 Å². The molecule has 0 saturated heterocycles. The molecule has 1 atom stereocenters. The number of rotatable bonds is 5. The second-order valence-electron chi connectivity index (χ2n) is 4.52. The first kappa shape index (κ1) is 18.3. The van der Waals surface area contributed by atoms with Crippen LogP contribution < -0.4 is 5.32 Å². The summed E-state index contributed by atoms with van der Waals surface area (Å²) in [6.07, 6.45) is -11.1. The molecular formula is C13H14BrF6N. The molecular weight excluding hydrogens is 364 g/mol. The van der Waals surface area contributed by atoms with E-state index in [4.69, 9.17) is 0 Å². The largest absolute Gasteiger partial charge is 0.402 e. The van der Waals surface area contributed by atoms with Crippen LogP contribution in [0.15, 0.2) is 28.7 Å². The van der Waals surface area contributed by atoms with Gasteiger partial charge in [-0.15, -0.1) is 0 Å². The molecule has 1 aromatic rings. The molecule has 1 unspecified atom stereocenters. The minimum Gasteiger partial charge on any atom is -0.313 e. The van der Waals surface area contributed by atoms with E-state index in [2.05, 4.69) is 21.2 Å². The summed E-state index contributed by atoms with van der Waals surface area (Å²) in [5.74, 6) is -3.41. The molecule has 0 heterocycles. The zero-order valence-corrected chi connectivity index (χ0v) is 12.6. The minimum absolute atomic E-state index is 0.0117. The van der Waals surface area contributed by atoms with Crippen molar-refractivity contribution >= 4 is 15.9 Å². The van der Waals surface area contributed by atoms with Gasteiger partial charge in [0.15, 0.2) is 5.92 Å². The van der Waals surface area contributed by atoms with E-state index in [-0.39, 0.29) is 13.0 Å². The Hall–Kier alpha value is -0.760. The van der Waals surface area contributed by atoms with Gasteiger partial charge in [0.2, 0.25) is 0 Å². The molecule has 0 saturated carbocycles. The Labute approximate surface area is 126 Å². The minimum atomic E-state index is -5.35. The molecule has 0 radical (unpaired) electrons. The fraction of sp³-hybridized carbons (Fsp3) is 0.538. The van der Waals surface area contributed by atoms with Crippen LogP contribution in [-0.4, -0.2) is 24.9 Å². The predicted molar refractivity (Wildman–Crippen MR) is 70.9 cm³/mol. The van der Waals surface area contributed by atoms with Crippen molar-refractivity contribution < 1.29 is 26.3 Å². The highest BCUT2D eigenvalue weighted by molar-refractivity contribution is 9.10. The van der Waals surface area contributed by atoms with Crippen molar-refractivity contribution in [3.05, 3.63) is 34.3 Å². The van der Waals surface area contributed by atoms with Crippen LogP contribution in [0.4, 0.5) is 26.3 Å². The van der Waals surface area contributed by atoms with Gasteiger partial charge in [0, 0.05) is 10.5 Å². The lowest BCUT2D eigenvalue weighted by Gasteiger charge is -2.31. The van der Waals surface area contributed by atoms with Crippen LogP contribution in [0.1, 0.15) is 12.5 Å². The molecule has 0 aliphatic rings. The van der Waals surface area contributed by atoms with E-state index >= 15 is 0 Å². The SMILES string of the molecule is CCNC(Cc1ccccc1Br)C(C(F)(F)F)C(F)(F)F. The first-order chi connectivity index (χ1) is 9.57. The maximum absolute atomic E-state index is 12.8. The number of hydrogen-bond donors (Lipinski definition) is 1. The summed E-state index contributed by atoms with van der Waals surface area (Å²) in [7, 11) is 0. The lowest BCUT2D eigenvalue weighted by molar-refractivity contribution is -0.291. The van der Waals surface area contributed by atoms with Gasteiger partial charge in [-0.3, -0.25) is 0 Å². The molecule has 21 heavy (non-hydrogen) atoms. The van der Waals surface area contributed by atoms with Gasteiger partial charge in [0.25, 0.3) is 0 Å². The molecule has 120 valence electrons. The van der Waals surface area contributed by atoms with Crippen molar-refractivity contribution in [2.24, 2.45) is 5.92 Å². The first-order valence-electron chi connectivity index (χ1n) is 6.17. The number of hydrogen-bond acceptors (Lipinski definition) is 1. The number of likely N-dealkylation sites (N-methyl/N-ethyl adjacent to an activating group) is 1. The second kappa shape index (κ2) is 7.00. The summed E-state index contributed by atoms with van der Waals surface area (Å²) < 4.78 is 77.4.